The Kier molecular flexibility index (Phi) is 4.26. The van der Waals surface area contributed by atoms with Crippen LogP contribution in [-0.4, -0.2) is 55.0 Å². The van der Waals surface area contributed by atoms with E-state index < -0.39 is 51.8 Å². The van der Waals surface area contributed by atoms with Crippen molar-refractivity contribution in [1.29, 1.82) is 0 Å². The van der Waals surface area contributed by atoms with Gasteiger partial charge in [0.2, 0.25) is 0 Å². The molecule has 0 saturated heterocycles. The third-order valence-corrected chi connectivity index (χ3v) is 4.66. The maximum Gasteiger partial charge on any atom is 0.323 e. The molecule has 150 valence electrons. The maximum absolute atomic E-state index is 12.4. The summed E-state index contributed by atoms with van der Waals surface area (Å²) in [6, 6.07) is -1.62. The minimum Gasteiger partial charge on any atom is -0.462 e. The normalized spacial score (nSPS) is 21.4. The van der Waals surface area contributed by atoms with E-state index >= 15 is 0 Å². The summed E-state index contributed by atoms with van der Waals surface area (Å²) in [4.78, 5) is 34.3. The number of imidazole rings is 1. The zero-order valence-electron chi connectivity index (χ0n) is 21.6. The van der Waals surface area contributed by atoms with Crippen LogP contribution < -0.4 is 10.8 Å². The van der Waals surface area contributed by atoms with Crippen molar-refractivity contribution in [2.75, 3.05) is 12.1 Å². The minimum atomic E-state index is -4.34. The van der Waals surface area contributed by atoms with Crippen molar-refractivity contribution in [3.05, 3.63) is 12.7 Å². The highest BCUT2D eigenvalue weighted by molar-refractivity contribution is 7.55. The number of hydrogen-bond donors (Lipinski definition) is 3. The van der Waals surface area contributed by atoms with Crippen LogP contribution in [0.1, 0.15) is 37.1 Å². The number of rotatable bonds is 9. The molecule has 0 fully saturated rings. The highest BCUT2D eigenvalue weighted by Crippen LogP contribution is 2.36. The van der Waals surface area contributed by atoms with E-state index in [1.165, 1.54) is 12.7 Å². The molecule has 2 heterocycles. The summed E-state index contributed by atoms with van der Waals surface area (Å²) in [7, 11) is -4.34. The topological polar surface area (TPSA) is 154 Å². The first-order chi connectivity index (χ1) is 15.4. The molecule has 2 rings (SSSR count). The molecule has 0 amide bonds. The van der Waals surface area contributed by atoms with Crippen molar-refractivity contribution in [2.24, 2.45) is 0 Å². The molecule has 1 unspecified atom stereocenters. The second-order valence-corrected chi connectivity index (χ2v) is 7.66. The molecule has 0 radical (unpaired) electrons. The molecule has 11 nitrogen and oxygen atoms in total. The molecule has 3 atom stereocenters. The second kappa shape index (κ2) is 8.75. The molecule has 0 saturated carbocycles. The molecule has 0 spiro atoms. The molecular formula is C15H25N6O5P. The Bertz CT molecular complexity index is 1060. The van der Waals surface area contributed by atoms with Crippen LogP contribution in [0.15, 0.2) is 12.7 Å². The molecule has 0 aromatic carbocycles. The van der Waals surface area contributed by atoms with Gasteiger partial charge in [0.15, 0.2) is 11.5 Å². The number of nitrogens with one attached hydrogen (secondary N) is 1. The Morgan fingerprint density at radius 2 is 2.22 bits per heavy atom. The molecule has 2 aromatic rings. The smallest absolute Gasteiger partial charge is 0.323 e. The number of fused-ring (bicyclic) bond motifs is 1. The van der Waals surface area contributed by atoms with Gasteiger partial charge in [0.25, 0.3) is 7.52 Å². The quantitative estimate of drug-likeness (QED) is 0.403. The van der Waals surface area contributed by atoms with Crippen molar-refractivity contribution < 1.29 is 33.3 Å². The molecular weight excluding hydrogens is 375 g/mol. The van der Waals surface area contributed by atoms with Crippen molar-refractivity contribution >= 4 is 30.5 Å². The van der Waals surface area contributed by atoms with Crippen molar-refractivity contribution in [3.63, 3.8) is 0 Å². The Morgan fingerprint density at radius 3 is 2.93 bits per heavy atom. The SMILES string of the molecule is [2H]C([2H])([2H])C([2H])(OC(=O)[C@@H](C)NP(=O)(O)CO[C@H](C)Cn1cnc2c(N)ncnc21)C([2H])([2H])[2H]. The van der Waals surface area contributed by atoms with Gasteiger partial charge in [0, 0.05) is 8.22 Å². The number of carbonyl (C=O) groups excluding carboxylic acids is 1. The number of nitrogen functional groups attached to an aromatic ring is 1. The van der Waals surface area contributed by atoms with Gasteiger partial charge in [-0.25, -0.2) is 20.0 Å². The van der Waals surface area contributed by atoms with E-state index in [-0.39, 0.29) is 12.4 Å². The molecule has 27 heavy (non-hydrogen) atoms. The van der Waals surface area contributed by atoms with Gasteiger partial charge in [0.1, 0.15) is 24.2 Å². The third kappa shape index (κ3) is 5.96. The van der Waals surface area contributed by atoms with Crippen LogP contribution in [0.4, 0.5) is 5.82 Å². The highest BCUT2D eigenvalue weighted by Gasteiger charge is 2.27. The third-order valence-electron chi connectivity index (χ3n) is 3.37. The molecule has 0 aliphatic heterocycles. The number of nitrogens with two attached hydrogens (primary N) is 1. The molecule has 12 heteroatoms. The molecule has 0 aliphatic rings. The number of carbonyl (C=O) groups is 1. The monoisotopic (exact) mass is 407 g/mol. The number of esters is 1. The Labute approximate surface area is 166 Å². The Balaban J connectivity index is 1.97. The summed E-state index contributed by atoms with van der Waals surface area (Å²) in [5, 5.41) is 2.04. The summed E-state index contributed by atoms with van der Waals surface area (Å²) in [5.74, 6) is -1.32. The number of hydrogen-bond acceptors (Lipinski definition) is 8. The van der Waals surface area contributed by atoms with E-state index in [2.05, 4.69) is 19.7 Å². The van der Waals surface area contributed by atoms with Crippen molar-refractivity contribution in [1.82, 2.24) is 24.6 Å². The van der Waals surface area contributed by atoms with Crippen LogP contribution in [0, 0.1) is 0 Å². The van der Waals surface area contributed by atoms with Crippen LogP contribution in [0.25, 0.3) is 11.2 Å². The first kappa shape index (κ1) is 13.2. The van der Waals surface area contributed by atoms with Crippen LogP contribution in [-0.2, 0) is 25.4 Å². The first-order valence-corrected chi connectivity index (χ1v) is 9.58. The number of nitrogens with zero attached hydrogens (tertiary/aromatic N) is 4. The van der Waals surface area contributed by atoms with Gasteiger partial charge >= 0.3 is 5.97 Å². The van der Waals surface area contributed by atoms with Crippen molar-refractivity contribution in [3.8, 4) is 0 Å². The van der Waals surface area contributed by atoms with Crippen LogP contribution in [0.3, 0.4) is 0 Å². The van der Waals surface area contributed by atoms with Gasteiger partial charge < -0.3 is 24.7 Å². The molecule has 0 bridgehead atoms. The van der Waals surface area contributed by atoms with E-state index in [9.17, 15) is 14.3 Å². The van der Waals surface area contributed by atoms with Gasteiger partial charge in [-0.2, -0.15) is 0 Å². The van der Waals surface area contributed by atoms with Gasteiger partial charge in [0.05, 0.1) is 26.4 Å². The van der Waals surface area contributed by atoms with E-state index in [0.717, 1.165) is 6.92 Å². The van der Waals surface area contributed by atoms with Gasteiger partial charge in [-0.3, -0.25) is 9.36 Å². The van der Waals surface area contributed by atoms with E-state index in [0.29, 0.717) is 11.2 Å². The fourth-order valence-electron chi connectivity index (χ4n) is 2.17. The average molecular weight is 407 g/mol. The van der Waals surface area contributed by atoms with Gasteiger partial charge in [-0.15, -0.1) is 0 Å². The lowest BCUT2D eigenvalue weighted by Gasteiger charge is -2.21. The van der Waals surface area contributed by atoms with E-state index in [1.807, 2.05) is 5.09 Å². The minimum absolute atomic E-state index is 0.184. The van der Waals surface area contributed by atoms with Gasteiger partial charge in [-0.05, 0) is 27.6 Å². The summed E-state index contributed by atoms with van der Waals surface area (Å²) in [5.41, 5.74) is 6.55. The lowest BCUT2D eigenvalue weighted by atomic mass is 10.4. The Morgan fingerprint density at radius 1 is 1.48 bits per heavy atom. The van der Waals surface area contributed by atoms with Crippen LogP contribution >= 0.6 is 7.52 Å². The molecule has 4 N–H and O–H groups in total. The lowest BCUT2D eigenvalue weighted by molar-refractivity contribution is -0.149. The van der Waals surface area contributed by atoms with Gasteiger partial charge in [-0.1, -0.05) is 0 Å². The fraction of sp³-hybridized carbons (Fsp3) is 0.600. The van der Waals surface area contributed by atoms with Crippen molar-refractivity contribution in [2.45, 2.75) is 52.3 Å². The maximum atomic E-state index is 12.4. The standard InChI is InChI=1S/C15H25N6O5P/c1-9(2)26-15(22)11(4)20-27(23,24)8-25-10(3)5-21-7-19-12-13(16)17-6-18-14(12)21/h6-7,9-11H,5,8H2,1-4H3,(H2,16,17,18)(H2,20,23,24)/t10-,11-/m1/s1/i1D3,2D3,9D. The summed E-state index contributed by atoms with van der Waals surface area (Å²) >= 11 is 0. The highest BCUT2D eigenvalue weighted by atomic mass is 31.2. The first-order valence-electron chi connectivity index (χ1n) is 11.2. The number of anilines is 1. The Hall–Kier alpha value is -2.07. The summed E-state index contributed by atoms with van der Waals surface area (Å²) in [6.07, 6.45) is -2.21. The molecule has 0 aliphatic carbocycles. The number of aromatic nitrogens is 4. The summed E-state index contributed by atoms with van der Waals surface area (Å²) in [6.45, 7) is -4.15. The fourth-order valence-corrected chi connectivity index (χ4v) is 3.41. The number of ether oxygens (including phenoxy) is 2. The average Bonchev–Trinajstić information content (AvgIpc) is 3.08. The van der Waals surface area contributed by atoms with E-state index in [1.54, 1.807) is 11.5 Å². The van der Waals surface area contributed by atoms with Crippen LogP contribution in [0.5, 0.6) is 0 Å². The predicted octanol–water partition coefficient (Wildman–Crippen LogP) is 0.886. The summed E-state index contributed by atoms with van der Waals surface area (Å²) < 4.78 is 75.1. The zero-order valence-corrected chi connectivity index (χ0v) is 15.5. The predicted molar refractivity (Wildman–Crippen MR) is 98.8 cm³/mol. The molecule has 2 aromatic heterocycles. The van der Waals surface area contributed by atoms with E-state index in [4.69, 9.17) is 20.1 Å². The zero-order chi connectivity index (χ0) is 26.1. The largest absolute Gasteiger partial charge is 0.462 e. The second-order valence-electron chi connectivity index (χ2n) is 5.74. The van der Waals surface area contributed by atoms with Crippen LogP contribution in [0.2, 0.25) is 0 Å². The lowest BCUT2D eigenvalue weighted by Crippen LogP contribution is -2.35.